The molecule has 1 fully saturated rings. The van der Waals surface area contributed by atoms with Gasteiger partial charge < -0.3 is 14.6 Å². The number of amides is 2. The maximum absolute atomic E-state index is 12.8. The Kier molecular flexibility index (Phi) is 6.46. The molecule has 2 aromatic carbocycles. The van der Waals surface area contributed by atoms with Crippen LogP contribution in [0.3, 0.4) is 0 Å². The van der Waals surface area contributed by atoms with Crippen LogP contribution in [0.1, 0.15) is 12.5 Å². The first-order chi connectivity index (χ1) is 13.9. The lowest BCUT2D eigenvalue weighted by Crippen LogP contribution is -2.27. The minimum absolute atomic E-state index is 0.179. The molecule has 1 aliphatic heterocycles. The van der Waals surface area contributed by atoms with Gasteiger partial charge in [-0.2, -0.15) is 0 Å². The number of thioether (sulfide) groups is 1. The number of anilines is 1. The number of hydrogen-bond donors (Lipinski definition) is 1. The molecular weight excluding hydrogens is 418 g/mol. The van der Waals surface area contributed by atoms with E-state index in [-0.39, 0.29) is 10.7 Å². The molecule has 0 radical (unpaired) electrons. The third kappa shape index (κ3) is 4.72. The van der Waals surface area contributed by atoms with Gasteiger partial charge in [0.15, 0.2) is 18.1 Å². The first-order valence-electron chi connectivity index (χ1n) is 8.54. The van der Waals surface area contributed by atoms with Crippen molar-refractivity contribution >= 4 is 52.2 Å². The summed E-state index contributed by atoms with van der Waals surface area (Å²) in [5, 5.41) is 8.97. The van der Waals surface area contributed by atoms with Crippen molar-refractivity contribution < 1.29 is 29.0 Å². The number of carboxylic acid groups (broad SMARTS) is 1. The Hall–Kier alpha value is -2.97. The summed E-state index contributed by atoms with van der Waals surface area (Å²) in [4.78, 5) is 37.4. The molecular formula is C20H16ClNO6S. The van der Waals surface area contributed by atoms with E-state index < -0.39 is 23.7 Å². The number of carboxylic acids is 1. The lowest BCUT2D eigenvalue weighted by molar-refractivity contribution is -0.139. The maximum Gasteiger partial charge on any atom is 0.341 e. The van der Waals surface area contributed by atoms with Crippen molar-refractivity contribution in [3.05, 3.63) is 58.0 Å². The molecule has 0 atom stereocenters. The molecule has 0 saturated carbocycles. The number of carbonyl (C=O) groups excluding carboxylic acids is 2. The Morgan fingerprint density at radius 2 is 1.90 bits per heavy atom. The fraction of sp³-hybridized carbons (Fsp3) is 0.150. The van der Waals surface area contributed by atoms with Crippen molar-refractivity contribution in [2.24, 2.45) is 0 Å². The lowest BCUT2D eigenvalue weighted by atomic mass is 10.1. The van der Waals surface area contributed by atoms with Gasteiger partial charge in [0.25, 0.3) is 11.1 Å². The number of imide groups is 1. The van der Waals surface area contributed by atoms with Crippen LogP contribution < -0.4 is 14.4 Å². The van der Waals surface area contributed by atoms with Gasteiger partial charge in [-0.25, -0.2) is 9.69 Å². The van der Waals surface area contributed by atoms with Gasteiger partial charge in [0.1, 0.15) is 0 Å². The van der Waals surface area contributed by atoms with Gasteiger partial charge in [-0.15, -0.1) is 0 Å². The van der Waals surface area contributed by atoms with Gasteiger partial charge in [0.05, 0.1) is 17.2 Å². The number of nitrogens with zero attached hydrogens (tertiary/aromatic N) is 1. The average molecular weight is 434 g/mol. The Morgan fingerprint density at radius 3 is 2.55 bits per heavy atom. The van der Waals surface area contributed by atoms with Gasteiger partial charge in [-0.1, -0.05) is 23.7 Å². The molecule has 2 amide bonds. The topological polar surface area (TPSA) is 93.1 Å². The molecule has 3 rings (SSSR count). The Labute approximate surface area is 175 Å². The summed E-state index contributed by atoms with van der Waals surface area (Å²) >= 11 is 6.65. The third-order valence-electron chi connectivity index (χ3n) is 3.81. The van der Waals surface area contributed by atoms with E-state index in [9.17, 15) is 14.4 Å². The molecule has 150 valence electrons. The van der Waals surface area contributed by atoms with E-state index in [1.165, 1.54) is 6.08 Å². The molecule has 2 aromatic rings. The standard InChI is InChI=1S/C20H16ClNO6S/c1-2-27-15-5-3-4-12(18(15)28-11-17(23)24)10-16-19(25)22(20(26)29-16)14-8-6-13(21)7-9-14/h3-10H,2,11H2,1H3,(H,23,24)/b16-10+. The van der Waals surface area contributed by atoms with Crippen LogP contribution in [0, 0.1) is 0 Å². The SMILES string of the molecule is CCOc1cccc(/C=C2/SC(=O)N(c3ccc(Cl)cc3)C2=O)c1OCC(=O)O. The Balaban J connectivity index is 1.96. The maximum atomic E-state index is 12.8. The smallest absolute Gasteiger partial charge is 0.341 e. The van der Waals surface area contributed by atoms with E-state index in [1.807, 2.05) is 0 Å². The predicted octanol–water partition coefficient (Wildman–Crippen LogP) is 4.44. The fourth-order valence-electron chi connectivity index (χ4n) is 2.63. The van der Waals surface area contributed by atoms with Crippen molar-refractivity contribution in [2.45, 2.75) is 6.92 Å². The minimum atomic E-state index is -1.15. The van der Waals surface area contributed by atoms with Gasteiger partial charge in [-0.3, -0.25) is 9.59 Å². The predicted molar refractivity (Wildman–Crippen MR) is 111 cm³/mol. The van der Waals surface area contributed by atoms with Crippen molar-refractivity contribution in [1.82, 2.24) is 0 Å². The van der Waals surface area contributed by atoms with Crippen LogP contribution in [0.4, 0.5) is 10.5 Å². The molecule has 1 aliphatic rings. The van der Waals surface area contributed by atoms with Crippen LogP contribution in [0.2, 0.25) is 5.02 Å². The normalized spacial score (nSPS) is 15.1. The lowest BCUT2D eigenvalue weighted by Gasteiger charge is -2.14. The molecule has 7 nitrogen and oxygen atoms in total. The van der Waals surface area contributed by atoms with E-state index in [1.54, 1.807) is 49.4 Å². The number of para-hydroxylation sites is 1. The monoisotopic (exact) mass is 433 g/mol. The summed E-state index contributed by atoms with van der Waals surface area (Å²) < 4.78 is 10.9. The third-order valence-corrected chi connectivity index (χ3v) is 4.94. The second kappa shape index (κ2) is 9.02. The van der Waals surface area contributed by atoms with Crippen molar-refractivity contribution in [3.63, 3.8) is 0 Å². The molecule has 1 saturated heterocycles. The van der Waals surface area contributed by atoms with Gasteiger partial charge in [0, 0.05) is 10.6 Å². The number of aliphatic carboxylic acids is 1. The highest BCUT2D eigenvalue weighted by Crippen LogP contribution is 2.39. The number of hydrogen-bond acceptors (Lipinski definition) is 6. The quantitative estimate of drug-likeness (QED) is 0.645. The summed E-state index contributed by atoms with van der Waals surface area (Å²) in [6.45, 7) is 1.56. The highest BCUT2D eigenvalue weighted by Gasteiger charge is 2.36. The molecule has 9 heteroatoms. The first kappa shape index (κ1) is 20.8. The van der Waals surface area contributed by atoms with Crippen LogP contribution in [0.5, 0.6) is 11.5 Å². The second-order valence-electron chi connectivity index (χ2n) is 5.78. The molecule has 0 aliphatic carbocycles. The van der Waals surface area contributed by atoms with E-state index in [2.05, 4.69) is 0 Å². The number of rotatable bonds is 7. The molecule has 0 bridgehead atoms. The Bertz CT molecular complexity index is 989. The van der Waals surface area contributed by atoms with E-state index >= 15 is 0 Å². The highest BCUT2D eigenvalue weighted by atomic mass is 35.5. The molecule has 0 unspecified atom stereocenters. The molecule has 1 heterocycles. The van der Waals surface area contributed by atoms with E-state index in [0.29, 0.717) is 28.6 Å². The zero-order valence-corrected chi connectivity index (χ0v) is 16.8. The van der Waals surface area contributed by atoms with E-state index in [0.717, 1.165) is 16.7 Å². The van der Waals surface area contributed by atoms with Crippen LogP contribution in [0.25, 0.3) is 6.08 Å². The number of carbonyl (C=O) groups is 3. The average Bonchev–Trinajstić information content (AvgIpc) is 2.95. The summed E-state index contributed by atoms with van der Waals surface area (Å²) in [5.74, 6) is -1.10. The first-order valence-corrected chi connectivity index (χ1v) is 9.74. The largest absolute Gasteiger partial charge is 0.490 e. The van der Waals surface area contributed by atoms with Gasteiger partial charge in [-0.05, 0) is 55.1 Å². The number of ether oxygens (including phenoxy) is 2. The molecule has 0 aromatic heterocycles. The van der Waals surface area contributed by atoms with Crippen molar-refractivity contribution in [1.29, 1.82) is 0 Å². The number of benzene rings is 2. The van der Waals surface area contributed by atoms with Crippen LogP contribution >= 0.6 is 23.4 Å². The van der Waals surface area contributed by atoms with Crippen LogP contribution in [0.15, 0.2) is 47.4 Å². The minimum Gasteiger partial charge on any atom is -0.490 e. The Morgan fingerprint density at radius 1 is 1.17 bits per heavy atom. The van der Waals surface area contributed by atoms with E-state index in [4.69, 9.17) is 26.2 Å². The fourth-order valence-corrected chi connectivity index (χ4v) is 3.58. The molecule has 29 heavy (non-hydrogen) atoms. The van der Waals surface area contributed by atoms with Gasteiger partial charge >= 0.3 is 5.97 Å². The van der Waals surface area contributed by atoms with Crippen molar-refractivity contribution in [2.75, 3.05) is 18.1 Å². The van der Waals surface area contributed by atoms with Gasteiger partial charge in [0.2, 0.25) is 0 Å². The molecule has 0 spiro atoms. The summed E-state index contributed by atoms with van der Waals surface area (Å²) in [7, 11) is 0. The highest BCUT2D eigenvalue weighted by molar-refractivity contribution is 8.19. The summed E-state index contributed by atoms with van der Waals surface area (Å²) in [5.41, 5.74) is 0.838. The summed E-state index contributed by atoms with van der Waals surface area (Å²) in [6, 6.07) is 11.3. The second-order valence-corrected chi connectivity index (χ2v) is 7.21. The van der Waals surface area contributed by atoms with Crippen LogP contribution in [-0.2, 0) is 9.59 Å². The zero-order chi connectivity index (χ0) is 21.0. The summed E-state index contributed by atoms with van der Waals surface area (Å²) in [6.07, 6.45) is 1.49. The zero-order valence-electron chi connectivity index (χ0n) is 15.3. The van der Waals surface area contributed by atoms with Crippen molar-refractivity contribution in [3.8, 4) is 11.5 Å². The number of halogens is 1. The molecule has 1 N–H and O–H groups in total. The van der Waals surface area contributed by atoms with Crippen LogP contribution in [-0.4, -0.2) is 35.4 Å².